The number of nitrogens with zero attached hydrogens (tertiary/aromatic N) is 3. The van der Waals surface area contributed by atoms with Crippen molar-refractivity contribution in [1.82, 2.24) is 15.3 Å². The number of ether oxygens (including phenoxy) is 1. The van der Waals surface area contributed by atoms with Gasteiger partial charge < -0.3 is 15.0 Å². The van der Waals surface area contributed by atoms with E-state index < -0.39 is 17.2 Å². The Labute approximate surface area is 217 Å². The molecule has 6 rings (SSSR count). The highest BCUT2D eigenvalue weighted by molar-refractivity contribution is 6.02. The number of likely N-dealkylation sites (N-methyl/N-ethyl adjacent to an activating group) is 1. The van der Waals surface area contributed by atoms with Crippen LogP contribution in [0.5, 0.6) is 5.75 Å². The zero-order valence-electron chi connectivity index (χ0n) is 20.6. The fraction of sp³-hybridized carbons (Fsp3) is 0.172. The summed E-state index contributed by atoms with van der Waals surface area (Å²) in [5.74, 6) is -1.60. The molecule has 38 heavy (non-hydrogen) atoms. The number of amides is 2. The van der Waals surface area contributed by atoms with Crippen LogP contribution in [0.15, 0.2) is 66.7 Å². The minimum atomic E-state index is -1.23. The first-order chi connectivity index (χ1) is 18.3. The highest BCUT2D eigenvalue weighted by atomic mass is 19.1. The Kier molecular flexibility index (Phi) is 5.45. The molecule has 2 amide bonds. The maximum atomic E-state index is 14.5. The molecule has 0 fully saturated rings. The Morgan fingerprint density at radius 1 is 0.947 bits per heavy atom. The predicted molar refractivity (Wildman–Crippen MR) is 136 cm³/mol. The van der Waals surface area contributed by atoms with Crippen LogP contribution in [0, 0.1) is 11.6 Å². The van der Waals surface area contributed by atoms with Crippen molar-refractivity contribution in [3.05, 3.63) is 106 Å². The number of carbonyl (C=O) groups is 2. The SMILES string of the molecule is CN1C(=O)[C@@](C)(c2ccc(Cc3nc(-c4c(F)cccc4F)nc4c3C(=O)NC4)cc2)Oc2ccccc21. The summed E-state index contributed by atoms with van der Waals surface area (Å²) in [7, 11) is 1.72. The van der Waals surface area contributed by atoms with E-state index in [1.165, 1.54) is 6.07 Å². The zero-order valence-corrected chi connectivity index (χ0v) is 20.6. The Balaban J connectivity index is 1.35. The number of halogens is 2. The van der Waals surface area contributed by atoms with Crippen LogP contribution < -0.4 is 15.0 Å². The first kappa shape index (κ1) is 23.7. The van der Waals surface area contributed by atoms with Gasteiger partial charge in [0, 0.05) is 19.0 Å². The predicted octanol–water partition coefficient (Wildman–Crippen LogP) is 4.53. The third-order valence-corrected chi connectivity index (χ3v) is 7.02. The molecule has 0 unspecified atom stereocenters. The summed E-state index contributed by atoms with van der Waals surface area (Å²) >= 11 is 0. The van der Waals surface area contributed by atoms with E-state index >= 15 is 0 Å². The van der Waals surface area contributed by atoms with E-state index in [-0.39, 0.29) is 36.2 Å². The molecule has 1 N–H and O–H groups in total. The highest BCUT2D eigenvalue weighted by Gasteiger charge is 2.44. The number of para-hydroxylation sites is 2. The second-order valence-corrected chi connectivity index (χ2v) is 9.44. The van der Waals surface area contributed by atoms with E-state index in [4.69, 9.17) is 4.74 Å². The Morgan fingerprint density at radius 3 is 2.39 bits per heavy atom. The fourth-order valence-corrected chi connectivity index (χ4v) is 4.98. The van der Waals surface area contributed by atoms with Crippen LogP contribution >= 0.6 is 0 Å². The number of aromatic nitrogens is 2. The van der Waals surface area contributed by atoms with Crippen LogP contribution in [-0.4, -0.2) is 28.8 Å². The van der Waals surface area contributed by atoms with Gasteiger partial charge in [-0.25, -0.2) is 18.7 Å². The summed E-state index contributed by atoms with van der Waals surface area (Å²) in [6, 6.07) is 18.1. The lowest BCUT2D eigenvalue weighted by molar-refractivity contribution is -0.134. The molecule has 4 aromatic rings. The van der Waals surface area contributed by atoms with Gasteiger partial charge in [0.05, 0.1) is 34.7 Å². The van der Waals surface area contributed by atoms with Gasteiger partial charge >= 0.3 is 0 Å². The fourth-order valence-electron chi connectivity index (χ4n) is 4.98. The smallest absolute Gasteiger partial charge is 0.275 e. The molecule has 3 aromatic carbocycles. The third-order valence-electron chi connectivity index (χ3n) is 7.02. The highest BCUT2D eigenvalue weighted by Crippen LogP contribution is 2.41. The minimum absolute atomic E-state index is 0.113. The van der Waals surface area contributed by atoms with E-state index in [0.717, 1.165) is 17.7 Å². The average molecular weight is 513 g/mol. The zero-order chi connectivity index (χ0) is 26.6. The largest absolute Gasteiger partial charge is 0.471 e. The van der Waals surface area contributed by atoms with Gasteiger partial charge in [0.2, 0.25) is 5.60 Å². The van der Waals surface area contributed by atoms with E-state index in [2.05, 4.69) is 15.3 Å². The van der Waals surface area contributed by atoms with Gasteiger partial charge in [-0.1, -0.05) is 42.5 Å². The molecule has 2 aliphatic heterocycles. The molecule has 0 saturated carbocycles. The number of rotatable bonds is 4. The van der Waals surface area contributed by atoms with Gasteiger partial charge in [-0.2, -0.15) is 0 Å². The van der Waals surface area contributed by atoms with Crippen LogP contribution in [0.1, 0.15) is 39.8 Å². The molecular weight excluding hydrogens is 490 g/mol. The second kappa shape index (κ2) is 8.72. The van der Waals surface area contributed by atoms with Crippen molar-refractivity contribution in [2.75, 3.05) is 11.9 Å². The number of fused-ring (bicyclic) bond motifs is 2. The Morgan fingerprint density at radius 2 is 1.66 bits per heavy atom. The number of carbonyl (C=O) groups excluding carboxylic acids is 2. The van der Waals surface area contributed by atoms with Gasteiger partial charge in [-0.3, -0.25) is 9.59 Å². The van der Waals surface area contributed by atoms with Crippen LogP contribution in [0.4, 0.5) is 14.5 Å². The monoisotopic (exact) mass is 512 g/mol. The number of hydrogen-bond acceptors (Lipinski definition) is 5. The average Bonchev–Trinajstić information content (AvgIpc) is 3.28. The summed E-state index contributed by atoms with van der Waals surface area (Å²) in [6.45, 7) is 1.88. The number of hydrogen-bond donors (Lipinski definition) is 1. The first-order valence-corrected chi connectivity index (χ1v) is 12.0. The molecule has 9 heteroatoms. The van der Waals surface area contributed by atoms with Gasteiger partial charge in [-0.05, 0) is 36.8 Å². The van der Waals surface area contributed by atoms with Crippen molar-refractivity contribution in [1.29, 1.82) is 0 Å². The van der Waals surface area contributed by atoms with Crippen LogP contribution in [0.2, 0.25) is 0 Å². The molecular formula is C29H22F2N4O3. The van der Waals surface area contributed by atoms with Crippen molar-refractivity contribution in [2.24, 2.45) is 0 Å². The third kappa shape index (κ3) is 3.70. The molecule has 0 aliphatic carbocycles. The molecule has 0 spiro atoms. The topological polar surface area (TPSA) is 84.4 Å². The minimum Gasteiger partial charge on any atom is -0.471 e. The molecule has 1 atom stereocenters. The van der Waals surface area contributed by atoms with Gasteiger partial charge in [0.25, 0.3) is 11.8 Å². The van der Waals surface area contributed by atoms with Crippen LogP contribution in [-0.2, 0) is 23.4 Å². The lowest BCUT2D eigenvalue weighted by Crippen LogP contribution is -2.50. The first-order valence-electron chi connectivity index (χ1n) is 12.0. The molecule has 7 nitrogen and oxygen atoms in total. The Hall–Kier alpha value is -4.66. The van der Waals surface area contributed by atoms with Crippen molar-refractivity contribution in [3.63, 3.8) is 0 Å². The lowest BCUT2D eigenvalue weighted by atomic mass is 9.91. The molecule has 190 valence electrons. The van der Waals surface area contributed by atoms with Gasteiger partial charge in [-0.15, -0.1) is 0 Å². The van der Waals surface area contributed by atoms with Crippen molar-refractivity contribution in [2.45, 2.75) is 25.5 Å². The van der Waals surface area contributed by atoms with Crippen molar-refractivity contribution in [3.8, 4) is 17.1 Å². The number of benzene rings is 3. The Bertz CT molecular complexity index is 1600. The van der Waals surface area contributed by atoms with E-state index in [1.807, 2.05) is 36.4 Å². The number of nitrogens with one attached hydrogen (secondary N) is 1. The maximum Gasteiger partial charge on any atom is 0.275 e. The second-order valence-electron chi connectivity index (χ2n) is 9.44. The molecule has 0 saturated heterocycles. The quantitative estimate of drug-likeness (QED) is 0.435. The molecule has 3 heterocycles. The molecule has 2 aliphatic rings. The van der Waals surface area contributed by atoms with Gasteiger partial charge in [0.15, 0.2) is 5.82 Å². The summed E-state index contributed by atoms with van der Waals surface area (Å²) in [6.07, 6.45) is 0.218. The summed E-state index contributed by atoms with van der Waals surface area (Å²) in [5.41, 5.74) is 1.65. The van der Waals surface area contributed by atoms with E-state index in [9.17, 15) is 18.4 Å². The summed E-state index contributed by atoms with van der Waals surface area (Å²) in [5, 5.41) is 2.71. The maximum absolute atomic E-state index is 14.5. The molecule has 1 aromatic heterocycles. The van der Waals surface area contributed by atoms with Crippen LogP contribution in [0.3, 0.4) is 0 Å². The molecule has 0 radical (unpaired) electrons. The van der Waals surface area contributed by atoms with Gasteiger partial charge in [0.1, 0.15) is 17.4 Å². The summed E-state index contributed by atoms with van der Waals surface area (Å²) in [4.78, 5) is 36.1. The van der Waals surface area contributed by atoms with Crippen molar-refractivity contribution < 1.29 is 23.1 Å². The van der Waals surface area contributed by atoms with E-state index in [0.29, 0.717) is 34.0 Å². The lowest BCUT2D eigenvalue weighted by Gasteiger charge is -2.39. The summed E-state index contributed by atoms with van der Waals surface area (Å²) < 4.78 is 35.1. The molecule has 0 bridgehead atoms. The normalized spacial score (nSPS) is 18.1. The standard InChI is InChI=1S/C29H22F2N4O3/c1-29(28(37)35(2)22-8-3-4-9-23(22)38-29)17-12-10-16(11-13-17)14-20-25-21(15-32-27(25)36)34-26(33-20)24-18(30)6-5-7-19(24)31/h3-13H,14-15H2,1-2H3,(H,32,36)/t29-/m1/s1. The van der Waals surface area contributed by atoms with Crippen LogP contribution in [0.25, 0.3) is 11.4 Å². The van der Waals surface area contributed by atoms with E-state index in [1.54, 1.807) is 31.0 Å². The van der Waals surface area contributed by atoms with Crippen molar-refractivity contribution >= 4 is 17.5 Å². The number of anilines is 1.